The summed E-state index contributed by atoms with van der Waals surface area (Å²) in [6.07, 6.45) is 2.46. The van der Waals surface area contributed by atoms with E-state index in [1.807, 2.05) is 6.92 Å². The fourth-order valence-electron chi connectivity index (χ4n) is 2.16. The van der Waals surface area contributed by atoms with Crippen LogP contribution in [-0.4, -0.2) is 29.7 Å². The predicted octanol–water partition coefficient (Wildman–Crippen LogP) is 2.18. The van der Waals surface area contributed by atoms with E-state index in [0.717, 1.165) is 18.0 Å². The number of hydrogen-bond acceptors (Lipinski definition) is 3. The van der Waals surface area contributed by atoms with Crippen molar-refractivity contribution >= 4 is 0 Å². The van der Waals surface area contributed by atoms with Gasteiger partial charge in [-0.1, -0.05) is 12.1 Å². The molecule has 78 valence electrons. The molecule has 3 heteroatoms. The molecule has 0 unspecified atom stereocenters. The molecule has 2 rings (SSSR count). The van der Waals surface area contributed by atoms with Gasteiger partial charge in [-0.15, -0.1) is 0 Å². The summed E-state index contributed by atoms with van der Waals surface area (Å²) < 4.78 is 5.30. The average Bonchev–Trinajstić information content (AvgIpc) is 2.74. The molecule has 0 N–H and O–H groups in total. The number of hydrogen-bond donors (Lipinski definition) is 0. The lowest BCUT2D eigenvalue weighted by Gasteiger charge is -2.12. The van der Waals surface area contributed by atoms with Crippen molar-refractivity contribution in [1.82, 2.24) is 10.1 Å². The lowest BCUT2D eigenvalue weighted by atomic mass is 10.1. The van der Waals surface area contributed by atoms with E-state index in [1.54, 1.807) is 0 Å². The zero-order valence-electron chi connectivity index (χ0n) is 8.99. The second-order valence-electron chi connectivity index (χ2n) is 4.16. The summed E-state index contributed by atoms with van der Waals surface area (Å²) in [5, 5.41) is 3.94. The van der Waals surface area contributed by atoms with Crippen LogP contribution in [0.4, 0.5) is 0 Å². The highest BCUT2D eigenvalue weighted by atomic mass is 16.5. The van der Waals surface area contributed by atoms with Crippen LogP contribution in [0.1, 0.15) is 37.1 Å². The molecular weight excluding hydrogens is 176 g/mol. The third-order valence-corrected chi connectivity index (χ3v) is 2.86. The van der Waals surface area contributed by atoms with Crippen LogP contribution in [0, 0.1) is 6.92 Å². The van der Waals surface area contributed by atoms with E-state index in [-0.39, 0.29) is 0 Å². The normalized spacial score (nSPS) is 23.1. The van der Waals surface area contributed by atoms with E-state index in [1.165, 1.54) is 25.9 Å². The largest absolute Gasteiger partial charge is 0.361 e. The highest BCUT2D eigenvalue weighted by molar-refractivity contribution is 5.10. The Hall–Kier alpha value is -0.830. The zero-order chi connectivity index (χ0) is 9.97. The maximum Gasteiger partial charge on any atom is 0.141 e. The van der Waals surface area contributed by atoms with Crippen molar-refractivity contribution in [2.45, 2.75) is 32.6 Å². The van der Waals surface area contributed by atoms with Gasteiger partial charge < -0.3 is 9.42 Å². The molecule has 1 aliphatic rings. The van der Waals surface area contributed by atoms with Crippen molar-refractivity contribution in [1.29, 1.82) is 0 Å². The predicted molar refractivity (Wildman–Crippen MR) is 55.3 cm³/mol. The number of rotatable bonds is 3. The van der Waals surface area contributed by atoms with Gasteiger partial charge in [-0.25, -0.2) is 0 Å². The summed E-state index contributed by atoms with van der Waals surface area (Å²) in [5.41, 5.74) is 0.994. The number of nitrogens with zero attached hydrogens (tertiary/aromatic N) is 2. The first-order valence-corrected chi connectivity index (χ1v) is 5.45. The molecule has 0 radical (unpaired) electrons. The lowest BCUT2D eigenvalue weighted by Crippen LogP contribution is -2.20. The molecule has 1 atom stereocenters. The van der Waals surface area contributed by atoms with Crippen LogP contribution in [0.15, 0.2) is 10.6 Å². The Labute approximate surface area is 85.1 Å². The van der Waals surface area contributed by atoms with Gasteiger partial charge in [0.2, 0.25) is 0 Å². The quantitative estimate of drug-likeness (QED) is 0.738. The Morgan fingerprint density at radius 1 is 1.64 bits per heavy atom. The molecule has 2 heterocycles. The maximum absolute atomic E-state index is 5.30. The van der Waals surface area contributed by atoms with Gasteiger partial charge in [0.25, 0.3) is 0 Å². The van der Waals surface area contributed by atoms with Crippen molar-refractivity contribution in [2.24, 2.45) is 0 Å². The van der Waals surface area contributed by atoms with E-state index < -0.39 is 0 Å². The van der Waals surface area contributed by atoms with E-state index >= 15 is 0 Å². The standard InChI is InChI=1S/C11H18N2O/c1-3-5-13-6-4-10(8-13)11-7-9(2)12-14-11/h7,10H,3-6,8H2,1-2H3/t10-/m1/s1. The highest BCUT2D eigenvalue weighted by Crippen LogP contribution is 2.27. The van der Waals surface area contributed by atoms with Crippen LogP contribution in [0.2, 0.25) is 0 Å². The fraction of sp³-hybridized carbons (Fsp3) is 0.727. The molecule has 0 aromatic carbocycles. The fourth-order valence-corrected chi connectivity index (χ4v) is 2.16. The highest BCUT2D eigenvalue weighted by Gasteiger charge is 2.25. The van der Waals surface area contributed by atoms with Crippen molar-refractivity contribution in [2.75, 3.05) is 19.6 Å². The molecule has 1 aromatic heterocycles. The van der Waals surface area contributed by atoms with Gasteiger partial charge in [0.05, 0.1) is 5.69 Å². The molecule has 0 bridgehead atoms. The Bertz CT molecular complexity index is 295. The molecule has 1 saturated heterocycles. The van der Waals surface area contributed by atoms with E-state index in [0.29, 0.717) is 5.92 Å². The monoisotopic (exact) mass is 194 g/mol. The SMILES string of the molecule is CCCN1CC[C@@H](c2cc(C)no2)C1. The topological polar surface area (TPSA) is 29.3 Å². The maximum atomic E-state index is 5.30. The minimum Gasteiger partial charge on any atom is -0.361 e. The molecule has 14 heavy (non-hydrogen) atoms. The molecule has 0 amide bonds. The molecule has 0 aliphatic carbocycles. The van der Waals surface area contributed by atoms with Crippen LogP contribution < -0.4 is 0 Å². The lowest BCUT2D eigenvalue weighted by molar-refractivity contribution is 0.318. The summed E-state index contributed by atoms with van der Waals surface area (Å²) in [5.74, 6) is 1.64. The zero-order valence-corrected chi connectivity index (χ0v) is 8.99. The molecule has 1 aromatic rings. The summed E-state index contributed by atoms with van der Waals surface area (Å²) in [7, 11) is 0. The van der Waals surface area contributed by atoms with Crippen molar-refractivity contribution in [3.63, 3.8) is 0 Å². The molecular formula is C11H18N2O. The first kappa shape index (κ1) is 9.71. The van der Waals surface area contributed by atoms with Gasteiger partial charge >= 0.3 is 0 Å². The minimum atomic E-state index is 0.572. The van der Waals surface area contributed by atoms with Crippen molar-refractivity contribution in [3.8, 4) is 0 Å². The summed E-state index contributed by atoms with van der Waals surface area (Å²) in [6, 6.07) is 2.07. The van der Waals surface area contributed by atoms with Crippen LogP contribution in [-0.2, 0) is 0 Å². The third kappa shape index (κ3) is 1.98. The molecule has 3 nitrogen and oxygen atoms in total. The second-order valence-corrected chi connectivity index (χ2v) is 4.16. The summed E-state index contributed by atoms with van der Waals surface area (Å²) in [6.45, 7) is 7.77. The van der Waals surface area contributed by atoms with Gasteiger partial charge in [-0.2, -0.15) is 0 Å². The van der Waals surface area contributed by atoms with Crippen LogP contribution in [0.5, 0.6) is 0 Å². The van der Waals surface area contributed by atoms with E-state index in [4.69, 9.17) is 4.52 Å². The second kappa shape index (κ2) is 4.13. The van der Waals surface area contributed by atoms with Crippen molar-refractivity contribution in [3.05, 3.63) is 17.5 Å². The molecule has 0 spiro atoms. The number of likely N-dealkylation sites (tertiary alicyclic amines) is 1. The number of aryl methyl sites for hydroxylation is 1. The Balaban J connectivity index is 1.95. The Morgan fingerprint density at radius 2 is 2.50 bits per heavy atom. The van der Waals surface area contributed by atoms with Crippen LogP contribution in [0.25, 0.3) is 0 Å². The third-order valence-electron chi connectivity index (χ3n) is 2.86. The summed E-state index contributed by atoms with van der Waals surface area (Å²) >= 11 is 0. The van der Waals surface area contributed by atoms with Gasteiger partial charge in [0.15, 0.2) is 0 Å². The molecule has 1 aliphatic heterocycles. The average molecular weight is 194 g/mol. The van der Waals surface area contributed by atoms with E-state index in [2.05, 4.69) is 23.0 Å². The van der Waals surface area contributed by atoms with Gasteiger partial charge in [0.1, 0.15) is 5.76 Å². The first-order valence-electron chi connectivity index (χ1n) is 5.45. The van der Waals surface area contributed by atoms with Gasteiger partial charge in [-0.3, -0.25) is 0 Å². The molecule has 1 fully saturated rings. The van der Waals surface area contributed by atoms with Gasteiger partial charge in [0, 0.05) is 18.5 Å². The van der Waals surface area contributed by atoms with Crippen LogP contribution in [0.3, 0.4) is 0 Å². The van der Waals surface area contributed by atoms with Crippen LogP contribution >= 0.6 is 0 Å². The number of aromatic nitrogens is 1. The smallest absolute Gasteiger partial charge is 0.141 e. The Morgan fingerprint density at radius 3 is 3.14 bits per heavy atom. The summed E-state index contributed by atoms with van der Waals surface area (Å²) in [4.78, 5) is 2.50. The molecule has 0 saturated carbocycles. The van der Waals surface area contributed by atoms with E-state index in [9.17, 15) is 0 Å². The van der Waals surface area contributed by atoms with Gasteiger partial charge in [-0.05, 0) is 32.9 Å². The minimum absolute atomic E-state index is 0.572. The van der Waals surface area contributed by atoms with Crippen molar-refractivity contribution < 1.29 is 4.52 Å². The Kier molecular flexibility index (Phi) is 2.87. The first-order chi connectivity index (χ1) is 6.79.